The van der Waals surface area contributed by atoms with Crippen LogP contribution in [0.3, 0.4) is 0 Å². The molecule has 7 heteroatoms. The Labute approximate surface area is 201 Å². The molecule has 33 heavy (non-hydrogen) atoms. The van der Waals surface area contributed by atoms with Gasteiger partial charge in [0, 0.05) is 66.8 Å². The second kappa shape index (κ2) is 10.4. The van der Waals surface area contributed by atoms with Crippen molar-refractivity contribution in [3.05, 3.63) is 51.7 Å². The number of carbonyl (C=O) groups excluding carboxylic acids is 1. The van der Waals surface area contributed by atoms with E-state index in [9.17, 15) is 9.18 Å². The lowest BCUT2D eigenvalue weighted by molar-refractivity contribution is -0.138. The maximum Gasteiger partial charge on any atom is 0.225 e. The minimum absolute atomic E-state index is 0.221. The number of aryl methyl sites for hydroxylation is 1. The quantitative estimate of drug-likeness (QED) is 0.564. The molecule has 1 aromatic heterocycles. The molecular weight excluding hydrogens is 439 g/mol. The number of hydrogen-bond donors (Lipinski definition) is 0. The second-order valence-corrected chi connectivity index (χ2v) is 10.1. The van der Waals surface area contributed by atoms with Gasteiger partial charge in [-0.05, 0) is 37.3 Å². The molecule has 4 rings (SSSR count). The average Bonchev–Trinajstić information content (AvgIpc) is 2.75. The number of benzene rings is 1. The molecule has 0 unspecified atom stereocenters. The van der Waals surface area contributed by atoms with Gasteiger partial charge < -0.3 is 9.80 Å². The Morgan fingerprint density at radius 2 is 1.88 bits per heavy atom. The number of aromatic nitrogens is 2. The first-order chi connectivity index (χ1) is 15.9. The molecule has 2 heterocycles. The molecule has 178 valence electrons. The third kappa shape index (κ3) is 5.32. The van der Waals surface area contributed by atoms with Gasteiger partial charge in [-0.15, -0.1) is 0 Å². The van der Waals surface area contributed by atoms with E-state index in [0.717, 1.165) is 68.1 Å². The summed E-state index contributed by atoms with van der Waals surface area (Å²) >= 11 is 6.38. The van der Waals surface area contributed by atoms with E-state index >= 15 is 0 Å². The molecule has 1 saturated carbocycles. The fourth-order valence-corrected chi connectivity index (χ4v) is 4.92. The molecule has 2 fully saturated rings. The Morgan fingerprint density at radius 1 is 1.15 bits per heavy atom. The highest BCUT2D eigenvalue weighted by Gasteiger charge is 2.32. The molecule has 2 aliphatic rings. The lowest BCUT2D eigenvalue weighted by atomic mass is 9.84. The Morgan fingerprint density at radius 3 is 2.45 bits per heavy atom. The largest absolute Gasteiger partial charge is 0.353 e. The maximum atomic E-state index is 14.7. The summed E-state index contributed by atoms with van der Waals surface area (Å²) in [5.74, 6) is 2.35. The highest BCUT2D eigenvalue weighted by Crippen LogP contribution is 2.32. The van der Waals surface area contributed by atoms with Gasteiger partial charge in [-0.3, -0.25) is 4.79 Å². The molecule has 1 aromatic carbocycles. The van der Waals surface area contributed by atoms with Crippen molar-refractivity contribution in [3.63, 3.8) is 0 Å². The average molecular weight is 473 g/mol. The van der Waals surface area contributed by atoms with Crippen LogP contribution in [0.25, 0.3) is 0 Å². The first-order valence-corrected chi connectivity index (χ1v) is 12.6. The van der Waals surface area contributed by atoms with E-state index in [1.165, 1.54) is 6.07 Å². The van der Waals surface area contributed by atoms with Gasteiger partial charge in [0.2, 0.25) is 5.91 Å². The Bertz CT molecular complexity index is 980. The fraction of sp³-hybridized carbons (Fsp3) is 0.577. The second-order valence-electron chi connectivity index (χ2n) is 9.66. The molecule has 0 bridgehead atoms. The maximum absolute atomic E-state index is 14.7. The molecule has 0 spiro atoms. The fourth-order valence-electron chi connectivity index (χ4n) is 4.69. The van der Waals surface area contributed by atoms with Gasteiger partial charge in [-0.25, -0.2) is 14.4 Å². The highest BCUT2D eigenvalue weighted by molar-refractivity contribution is 6.31. The Balaban J connectivity index is 1.65. The van der Waals surface area contributed by atoms with E-state index in [-0.39, 0.29) is 11.7 Å². The van der Waals surface area contributed by atoms with Crippen molar-refractivity contribution < 1.29 is 9.18 Å². The Hall–Kier alpha value is -2.21. The predicted molar refractivity (Wildman–Crippen MR) is 130 cm³/mol. The number of anilines is 1. The number of nitrogens with zero attached hydrogens (tertiary/aromatic N) is 4. The van der Waals surface area contributed by atoms with Crippen LogP contribution in [0.4, 0.5) is 10.2 Å². The summed E-state index contributed by atoms with van der Waals surface area (Å²) in [4.78, 5) is 26.8. The normalized spacial score (nSPS) is 16.9. The molecule has 1 aliphatic carbocycles. The first-order valence-electron chi connectivity index (χ1n) is 12.2. The summed E-state index contributed by atoms with van der Waals surface area (Å²) in [5, 5.41) is 0.421. The topological polar surface area (TPSA) is 49.3 Å². The van der Waals surface area contributed by atoms with Crippen molar-refractivity contribution in [2.24, 2.45) is 11.8 Å². The van der Waals surface area contributed by atoms with Crippen LogP contribution in [-0.4, -0.2) is 47.0 Å². The van der Waals surface area contributed by atoms with E-state index in [4.69, 9.17) is 21.6 Å². The summed E-state index contributed by atoms with van der Waals surface area (Å²) in [6.07, 6.45) is 5.10. The van der Waals surface area contributed by atoms with E-state index in [1.54, 1.807) is 12.1 Å². The predicted octanol–water partition coefficient (Wildman–Crippen LogP) is 5.07. The van der Waals surface area contributed by atoms with E-state index < -0.39 is 0 Å². The number of amides is 1. The number of piperazine rings is 1. The number of hydrogen-bond acceptors (Lipinski definition) is 4. The molecule has 2 aromatic rings. The van der Waals surface area contributed by atoms with Gasteiger partial charge in [0.1, 0.15) is 17.5 Å². The lowest BCUT2D eigenvalue weighted by Gasteiger charge is -2.39. The van der Waals surface area contributed by atoms with Gasteiger partial charge in [0.15, 0.2) is 0 Å². The smallest absolute Gasteiger partial charge is 0.225 e. The highest BCUT2D eigenvalue weighted by atomic mass is 35.5. The summed E-state index contributed by atoms with van der Waals surface area (Å²) < 4.78 is 14.7. The van der Waals surface area contributed by atoms with Crippen molar-refractivity contribution in [2.75, 3.05) is 31.1 Å². The molecular formula is C26H34ClFN4O. The van der Waals surface area contributed by atoms with Crippen LogP contribution in [-0.2, 0) is 24.1 Å². The van der Waals surface area contributed by atoms with Gasteiger partial charge >= 0.3 is 0 Å². The summed E-state index contributed by atoms with van der Waals surface area (Å²) in [5.41, 5.74) is 2.37. The van der Waals surface area contributed by atoms with Gasteiger partial charge in [-0.1, -0.05) is 44.9 Å². The molecule has 0 radical (unpaired) electrons. The van der Waals surface area contributed by atoms with Crippen LogP contribution in [0, 0.1) is 17.7 Å². The zero-order valence-electron chi connectivity index (χ0n) is 19.9. The van der Waals surface area contributed by atoms with Crippen molar-refractivity contribution in [1.29, 1.82) is 0 Å². The van der Waals surface area contributed by atoms with Gasteiger partial charge in [0.25, 0.3) is 0 Å². The Kier molecular flexibility index (Phi) is 7.52. The summed E-state index contributed by atoms with van der Waals surface area (Å²) in [6, 6.07) is 4.80. The lowest BCUT2D eigenvalue weighted by Crippen LogP contribution is -2.51. The molecule has 1 saturated heterocycles. The summed E-state index contributed by atoms with van der Waals surface area (Å²) in [7, 11) is 0. The molecule has 0 atom stereocenters. The van der Waals surface area contributed by atoms with Gasteiger partial charge in [-0.2, -0.15) is 0 Å². The zero-order valence-corrected chi connectivity index (χ0v) is 20.7. The standard InChI is InChI=1S/C26H34ClFN4O/c1-4-23-20(16-19-21(27)9-6-10-22(19)28)25(30-24(29-23)15-17(2)3)31-11-13-32(14-12-31)26(33)18-7-5-8-18/h6,9-10,17-18H,4-5,7-8,11-16H2,1-3H3. The molecule has 1 amide bonds. The van der Waals surface area contributed by atoms with E-state index in [1.807, 2.05) is 4.90 Å². The van der Waals surface area contributed by atoms with Crippen molar-refractivity contribution in [3.8, 4) is 0 Å². The molecule has 1 aliphatic heterocycles. The number of rotatable bonds is 7. The van der Waals surface area contributed by atoms with Crippen LogP contribution in [0.2, 0.25) is 5.02 Å². The monoisotopic (exact) mass is 472 g/mol. The van der Waals surface area contributed by atoms with E-state index in [2.05, 4.69) is 25.7 Å². The SMILES string of the molecule is CCc1nc(CC(C)C)nc(N2CCN(C(=O)C3CCC3)CC2)c1Cc1c(F)cccc1Cl. The van der Waals surface area contributed by atoms with Crippen LogP contribution in [0.1, 0.15) is 62.7 Å². The minimum Gasteiger partial charge on any atom is -0.353 e. The molecule has 0 N–H and O–H groups in total. The summed E-state index contributed by atoms with van der Waals surface area (Å²) in [6.45, 7) is 9.22. The third-order valence-corrected chi connectivity index (χ3v) is 7.16. The van der Waals surface area contributed by atoms with Crippen LogP contribution < -0.4 is 4.90 Å². The van der Waals surface area contributed by atoms with Crippen LogP contribution in [0.15, 0.2) is 18.2 Å². The third-order valence-electron chi connectivity index (χ3n) is 6.80. The number of carbonyl (C=O) groups is 1. The van der Waals surface area contributed by atoms with Crippen LogP contribution >= 0.6 is 11.6 Å². The van der Waals surface area contributed by atoms with Crippen molar-refractivity contribution in [2.45, 2.75) is 59.3 Å². The number of halogens is 2. The van der Waals surface area contributed by atoms with Gasteiger partial charge in [0.05, 0.1) is 0 Å². The first kappa shape index (κ1) is 23.9. The van der Waals surface area contributed by atoms with E-state index in [0.29, 0.717) is 41.9 Å². The van der Waals surface area contributed by atoms with Crippen LogP contribution in [0.5, 0.6) is 0 Å². The van der Waals surface area contributed by atoms with Crippen molar-refractivity contribution in [1.82, 2.24) is 14.9 Å². The minimum atomic E-state index is -0.308. The zero-order chi connectivity index (χ0) is 23.5. The van der Waals surface area contributed by atoms with Crippen molar-refractivity contribution >= 4 is 23.3 Å². The molecule has 5 nitrogen and oxygen atoms in total.